The van der Waals surface area contributed by atoms with Gasteiger partial charge in [0, 0.05) is 45.8 Å². The van der Waals surface area contributed by atoms with Gasteiger partial charge in [0.05, 0.1) is 49.8 Å². The van der Waals surface area contributed by atoms with Crippen LogP contribution in [0.15, 0.2) is 30.6 Å². The lowest BCUT2D eigenvalue weighted by Crippen LogP contribution is -2.52. The first kappa shape index (κ1) is 19.3. The van der Waals surface area contributed by atoms with Crippen LogP contribution < -0.4 is 0 Å². The van der Waals surface area contributed by atoms with E-state index in [4.69, 9.17) is 4.74 Å². The maximum atomic E-state index is 12.4. The molecule has 8 heteroatoms. The van der Waals surface area contributed by atoms with Crippen molar-refractivity contribution < 1.29 is 14.6 Å². The van der Waals surface area contributed by atoms with Gasteiger partial charge < -0.3 is 19.3 Å². The van der Waals surface area contributed by atoms with Gasteiger partial charge in [-0.2, -0.15) is 0 Å². The number of ether oxygens (including phenoxy) is 1. The van der Waals surface area contributed by atoms with Crippen molar-refractivity contribution in [1.82, 2.24) is 24.3 Å². The molecule has 0 aliphatic carbocycles. The molecule has 0 radical (unpaired) electrons. The second kappa shape index (κ2) is 9.00. The maximum absolute atomic E-state index is 12.4. The largest absolute Gasteiger partial charge is 0.390 e. The summed E-state index contributed by atoms with van der Waals surface area (Å²) < 4.78 is 7.32. The minimum atomic E-state index is -0.445. The average molecular weight is 387 g/mol. The second-order valence-electron chi connectivity index (χ2n) is 7.61. The summed E-state index contributed by atoms with van der Waals surface area (Å²) in [5.74, 6) is 0.198. The molecule has 2 aromatic rings. The maximum Gasteiger partial charge on any atom is 0.236 e. The number of fused-ring (bicyclic) bond motifs is 1. The van der Waals surface area contributed by atoms with E-state index in [1.165, 1.54) is 0 Å². The van der Waals surface area contributed by atoms with Crippen molar-refractivity contribution in [3.63, 3.8) is 0 Å². The van der Waals surface area contributed by atoms with E-state index in [9.17, 15) is 9.90 Å². The van der Waals surface area contributed by atoms with Crippen molar-refractivity contribution in [2.45, 2.75) is 12.6 Å². The Morgan fingerprint density at radius 3 is 2.54 bits per heavy atom. The number of para-hydroxylation sites is 2. The summed E-state index contributed by atoms with van der Waals surface area (Å²) in [7, 11) is 0. The third-order valence-corrected chi connectivity index (χ3v) is 5.59. The van der Waals surface area contributed by atoms with Crippen LogP contribution in [0.4, 0.5) is 0 Å². The van der Waals surface area contributed by atoms with Crippen LogP contribution in [0.1, 0.15) is 0 Å². The number of aliphatic hydroxyl groups excluding tert-OH is 1. The van der Waals surface area contributed by atoms with Gasteiger partial charge in [-0.15, -0.1) is 0 Å². The standard InChI is InChI=1S/C20H29N5O3/c26-17(14-25-16-21-18-3-1-2-4-19(18)25)13-22-5-7-23(8-6-22)15-20(27)24-9-11-28-12-10-24/h1-4,16-17,26H,5-15H2. The van der Waals surface area contributed by atoms with E-state index in [-0.39, 0.29) is 5.91 Å². The van der Waals surface area contributed by atoms with E-state index in [1.54, 1.807) is 6.33 Å². The van der Waals surface area contributed by atoms with Gasteiger partial charge in [-0.25, -0.2) is 4.98 Å². The number of aliphatic hydroxyl groups is 1. The Kier molecular flexibility index (Phi) is 6.21. The number of benzene rings is 1. The summed E-state index contributed by atoms with van der Waals surface area (Å²) in [5, 5.41) is 10.5. The molecule has 0 bridgehead atoms. The lowest BCUT2D eigenvalue weighted by atomic mass is 10.2. The number of imidazole rings is 1. The SMILES string of the molecule is O=C(CN1CCN(CC(O)Cn2cnc3ccccc32)CC1)N1CCOCC1. The molecule has 1 aromatic carbocycles. The predicted octanol–water partition coefficient (Wildman–Crippen LogP) is -0.126. The first-order valence-corrected chi connectivity index (χ1v) is 10.1. The number of carbonyl (C=O) groups is 1. The third kappa shape index (κ3) is 4.70. The smallest absolute Gasteiger partial charge is 0.236 e. The van der Waals surface area contributed by atoms with Crippen molar-refractivity contribution in [2.75, 3.05) is 65.6 Å². The second-order valence-corrected chi connectivity index (χ2v) is 7.61. The van der Waals surface area contributed by atoms with Crippen molar-refractivity contribution in [3.8, 4) is 0 Å². The van der Waals surface area contributed by atoms with Crippen molar-refractivity contribution >= 4 is 16.9 Å². The van der Waals surface area contributed by atoms with Gasteiger partial charge in [-0.3, -0.25) is 14.6 Å². The zero-order chi connectivity index (χ0) is 19.3. The van der Waals surface area contributed by atoms with E-state index in [1.807, 2.05) is 33.7 Å². The predicted molar refractivity (Wildman–Crippen MR) is 106 cm³/mol. The molecule has 4 rings (SSSR count). The van der Waals surface area contributed by atoms with Crippen LogP contribution in [0.25, 0.3) is 11.0 Å². The molecule has 152 valence electrons. The molecule has 1 unspecified atom stereocenters. The zero-order valence-corrected chi connectivity index (χ0v) is 16.2. The third-order valence-electron chi connectivity index (χ3n) is 5.59. The lowest BCUT2D eigenvalue weighted by molar-refractivity contribution is -0.137. The van der Waals surface area contributed by atoms with Gasteiger partial charge in [-0.05, 0) is 12.1 Å². The Bertz CT molecular complexity index is 781. The van der Waals surface area contributed by atoms with E-state index in [2.05, 4.69) is 14.8 Å². The van der Waals surface area contributed by atoms with Crippen LogP contribution in [0.2, 0.25) is 0 Å². The molecule has 0 spiro atoms. The van der Waals surface area contributed by atoms with Crippen molar-refractivity contribution in [2.24, 2.45) is 0 Å². The first-order chi connectivity index (χ1) is 13.7. The minimum absolute atomic E-state index is 0.198. The van der Waals surface area contributed by atoms with E-state index in [0.29, 0.717) is 45.9 Å². The van der Waals surface area contributed by atoms with Crippen LogP contribution in [-0.2, 0) is 16.1 Å². The van der Waals surface area contributed by atoms with Gasteiger partial charge in [0.2, 0.25) is 5.91 Å². The monoisotopic (exact) mass is 387 g/mol. The topological polar surface area (TPSA) is 74.1 Å². The first-order valence-electron chi connectivity index (χ1n) is 10.1. The summed E-state index contributed by atoms with van der Waals surface area (Å²) in [6.07, 6.45) is 1.35. The molecule has 1 N–H and O–H groups in total. The van der Waals surface area contributed by atoms with Gasteiger partial charge in [-0.1, -0.05) is 12.1 Å². The molecule has 8 nitrogen and oxygen atoms in total. The summed E-state index contributed by atoms with van der Waals surface area (Å²) in [4.78, 5) is 23.1. The molecule has 3 heterocycles. The number of morpholine rings is 1. The molecular weight excluding hydrogens is 358 g/mol. The fourth-order valence-electron chi connectivity index (χ4n) is 3.97. The van der Waals surface area contributed by atoms with Crippen LogP contribution in [0.5, 0.6) is 0 Å². The summed E-state index contributed by atoms with van der Waals surface area (Å²) >= 11 is 0. The highest BCUT2D eigenvalue weighted by molar-refractivity contribution is 5.78. The van der Waals surface area contributed by atoms with Crippen LogP contribution in [-0.4, -0.2) is 107 Å². The number of β-amino-alcohol motifs (C(OH)–C–C–N with tert-alkyl or cyclic N) is 1. The number of hydrogen-bond acceptors (Lipinski definition) is 6. The normalized spacial score (nSPS) is 20.5. The van der Waals surface area contributed by atoms with Gasteiger partial charge >= 0.3 is 0 Å². The van der Waals surface area contributed by atoms with E-state index >= 15 is 0 Å². The summed E-state index contributed by atoms with van der Waals surface area (Å²) in [5.41, 5.74) is 2.00. The van der Waals surface area contributed by atoms with Crippen molar-refractivity contribution in [3.05, 3.63) is 30.6 Å². The molecular formula is C20H29N5O3. The Labute approximate surface area is 165 Å². The summed E-state index contributed by atoms with van der Waals surface area (Å²) in [6, 6.07) is 7.97. The van der Waals surface area contributed by atoms with Gasteiger partial charge in [0.1, 0.15) is 0 Å². The molecule has 2 fully saturated rings. The molecule has 1 atom stereocenters. The number of nitrogens with zero attached hydrogens (tertiary/aromatic N) is 5. The number of piperazine rings is 1. The number of carbonyl (C=O) groups excluding carboxylic acids is 1. The molecule has 1 aromatic heterocycles. The number of hydrogen-bond donors (Lipinski definition) is 1. The Morgan fingerprint density at radius 2 is 1.75 bits per heavy atom. The number of rotatable bonds is 6. The van der Waals surface area contributed by atoms with Crippen LogP contribution in [0.3, 0.4) is 0 Å². The fourth-order valence-corrected chi connectivity index (χ4v) is 3.97. The Morgan fingerprint density at radius 1 is 1.04 bits per heavy atom. The molecule has 2 saturated heterocycles. The van der Waals surface area contributed by atoms with Crippen molar-refractivity contribution in [1.29, 1.82) is 0 Å². The minimum Gasteiger partial charge on any atom is -0.390 e. The molecule has 2 aliphatic heterocycles. The number of aromatic nitrogens is 2. The fraction of sp³-hybridized carbons (Fsp3) is 0.600. The van der Waals surface area contributed by atoms with Gasteiger partial charge in [0.25, 0.3) is 0 Å². The molecule has 2 aliphatic rings. The highest BCUT2D eigenvalue weighted by Gasteiger charge is 2.24. The average Bonchev–Trinajstić information content (AvgIpc) is 3.13. The van der Waals surface area contributed by atoms with Crippen LogP contribution in [0, 0.1) is 0 Å². The molecule has 28 heavy (non-hydrogen) atoms. The highest BCUT2D eigenvalue weighted by atomic mass is 16.5. The molecule has 1 amide bonds. The molecule has 0 saturated carbocycles. The van der Waals surface area contributed by atoms with E-state index < -0.39 is 6.10 Å². The summed E-state index contributed by atoms with van der Waals surface area (Å²) in [6.45, 7) is 7.81. The Hall–Kier alpha value is -2.00. The lowest BCUT2D eigenvalue weighted by Gasteiger charge is -2.36. The highest BCUT2D eigenvalue weighted by Crippen LogP contribution is 2.13. The van der Waals surface area contributed by atoms with Gasteiger partial charge in [0.15, 0.2) is 0 Å². The Balaban J connectivity index is 1.21. The van der Waals surface area contributed by atoms with Crippen LogP contribution >= 0.6 is 0 Å². The van der Waals surface area contributed by atoms with E-state index in [0.717, 1.165) is 37.2 Å². The number of amides is 1. The quantitative estimate of drug-likeness (QED) is 0.745. The zero-order valence-electron chi connectivity index (χ0n) is 16.2.